The summed E-state index contributed by atoms with van der Waals surface area (Å²) in [4.78, 5) is 3.06. The van der Waals surface area contributed by atoms with Gasteiger partial charge in [0.25, 0.3) is 10.0 Å². The second-order valence-electron chi connectivity index (χ2n) is 6.60. The zero-order chi connectivity index (χ0) is 22.9. The van der Waals surface area contributed by atoms with Gasteiger partial charge < -0.3 is 9.47 Å². The number of halogens is 3. The van der Waals surface area contributed by atoms with E-state index in [1.54, 1.807) is 24.3 Å². The minimum Gasteiger partial charge on any atom is -0.497 e. The molecule has 10 heteroatoms. The SMILES string of the molecule is COc1ccc2nccc(Oc3ccc(NS(=O)(=O)c4c(F)cccc4F)cc3F)c2c1. The van der Waals surface area contributed by atoms with Crippen molar-refractivity contribution in [3.63, 3.8) is 0 Å². The summed E-state index contributed by atoms with van der Waals surface area (Å²) in [5.74, 6) is -2.77. The highest BCUT2D eigenvalue weighted by Gasteiger charge is 2.24. The number of methoxy groups -OCH3 is 1. The number of anilines is 1. The molecule has 0 saturated carbocycles. The number of benzene rings is 3. The number of nitrogens with one attached hydrogen (secondary N) is 1. The summed E-state index contributed by atoms with van der Waals surface area (Å²) in [6.07, 6.45) is 1.49. The summed E-state index contributed by atoms with van der Waals surface area (Å²) in [5.41, 5.74) is 0.360. The van der Waals surface area contributed by atoms with E-state index in [1.807, 2.05) is 4.72 Å². The van der Waals surface area contributed by atoms with Crippen LogP contribution >= 0.6 is 0 Å². The van der Waals surface area contributed by atoms with E-state index in [1.165, 1.54) is 25.4 Å². The van der Waals surface area contributed by atoms with Gasteiger partial charge in [0, 0.05) is 17.6 Å². The number of ether oxygens (including phenoxy) is 2. The van der Waals surface area contributed by atoms with Gasteiger partial charge in [-0.05, 0) is 48.5 Å². The van der Waals surface area contributed by atoms with E-state index in [0.29, 0.717) is 22.4 Å². The van der Waals surface area contributed by atoms with Gasteiger partial charge in [-0.1, -0.05) is 6.07 Å². The smallest absolute Gasteiger partial charge is 0.267 e. The van der Waals surface area contributed by atoms with Crippen LogP contribution in [-0.2, 0) is 10.0 Å². The number of hydrogen-bond donors (Lipinski definition) is 1. The van der Waals surface area contributed by atoms with Crippen molar-refractivity contribution in [3.8, 4) is 17.2 Å². The first kappa shape index (κ1) is 21.4. The monoisotopic (exact) mass is 460 g/mol. The third-order valence-electron chi connectivity index (χ3n) is 4.50. The van der Waals surface area contributed by atoms with Gasteiger partial charge in [0.2, 0.25) is 0 Å². The van der Waals surface area contributed by atoms with Crippen LogP contribution in [0.15, 0.2) is 71.8 Å². The molecule has 0 saturated heterocycles. The Kier molecular flexibility index (Phi) is 5.62. The number of fused-ring (bicyclic) bond motifs is 1. The zero-order valence-corrected chi connectivity index (χ0v) is 17.3. The molecule has 0 spiro atoms. The van der Waals surface area contributed by atoms with E-state index in [0.717, 1.165) is 24.3 Å². The number of pyridine rings is 1. The van der Waals surface area contributed by atoms with E-state index < -0.39 is 32.4 Å². The Bertz CT molecular complexity index is 1410. The van der Waals surface area contributed by atoms with Crippen LogP contribution in [0.5, 0.6) is 17.2 Å². The molecule has 0 fully saturated rings. The van der Waals surface area contributed by atoms with Gasteiger partial charge in [0.15, 0.2) is 16.5 Å². The predicted molar refractivity (Wildman–Crippen MR) is 112 cm³/mol. The summed E-state index contributed by atoms with van der Waals surface area (Å²) >= 11 is 0. The molecule has 6 nitrogen and oxygen atoms in total. The molecule has 164 valence electrons. The molecule has 1 heterocycles. The number of aromatic nitrogens is 1. The summed E-state index contributed by atoms with van der Waals surface area (Å²) in [6, 6.07) is 12.6. The van der Waals surface area contributed by atoms with Crippen LogP contribution in [0, 0.1) is 17.5 Å². The van der Waals surface area contributed by atoms with Crippen molar-refractivity contribution in [1.29, 1.82) is 0 Å². The van der Waals surface area contributed by atoms with Gasteiger partial charge in [-0.15, -0.1) is 0 Å². The van der Waals surface area contributed by atoms with Gasteiger partial charge in [0.1, 0.15) is 23.1 Å². The molecule has 0 unspecified atom stereocenters. The van der Waals surface area contributed by atoms with E-state index >= 15 is 0 Å². The van der Waals surface area contributed by atoms with E-state index in [2.05, 4.69) is 4.98 Å². The molecule has 0 amide bonds. The summed E-state index contributed by atoms with van der Waals surface area (Å²) < 4.78 is 79.9. The molecular formula is C22H15F3N2O4S. The van der Waals surface area contributed by atoms with Crippen molar-refractivity contribution in [1.82, 2.24) is 4.98 Å². The first-order valence-electron chi connectivity index (χ1n) is 9.15. The molecule has 3 aromatic carbocycles. The van der Waals surface area contributed by atoms with Crippen LogP contribution < -0.4 is 14.2 Å². The molecule has 0 aliphatic rings. The molecule has 0 radical (unpaired) electrons. The minimum atomic E-state index is -4.63. The maximum atomic E-state index is 14.7. The Labute approximate surface area is 181 Å². The molecule has 0 bridgehead atoms. The molecule has 0 atom stereocenters. The van der Waals surface area contributed by atoms with Crippen molar-refractivity contribution >= 4 is 26.6 Å². The summed E-state index contributed by atoms with van der Waals surface area (Å²) in [6.45, 7) is 0. The van der Waals surface area contributed by atoms with Crippen molar-refractivity contribution in [2.75, 3.05) is 11.8 Å². The molecule has 4 rings (SSSR count). The lowest BCUT2D eigenvalue weighted by Gasteiger charge is -2.13. The molecule has 0 aliphatic heterocycles. The number of hydrogen-bond acceptors (Lipinski definition) is 5. The van der Waals surface area contributed by atoms with Gasteiger partial charge in [-0.3, -0.25) is 9.71 Å². The Morgan fingerprint density at radius 1 is 0.875 bits per heavy atom. The van der Waals surface area contributed by atoms with Crippen LogP contribution in [0.1, 0.15) is 0 Å². The fourth-order valence-electron chi connectivity index (χ4n) is 3.03. The van der Waals surface area contributed by atoms with E-state index in [4.69, 9.17) is 9.47 Å². The average molecular weight is 460 g/mol. The third kappa shape index (κ3) is 4.17. The first-order chi connectivity index (χ1) is 15.3. The maximum Gasteiger partial charge on any atom is 0.267 e. The lowest BCUT2D eigenvalue weighted by Crippen LogP contribution is -2.16. The van der Waals surface area contributed by atoms with Crippen LogP contribution in [0.3, 0.4) is 0 Å². The van der Waals surface area contributed by atoms with Gasteiger partial charge in [-0.25, -0.2) is 21.6 Å². The first-order valence-corrected chi connectivity index (χ1v) is 10.6. The summed E-state index contributed by atoms with van der Waals surface area (Å²) in [7, 11) is -3.12. The lowest BCUT2D eigenvalue weighted by molar-refractivity contribution is 0.415. The normalized spacial score (nSPS) is 11.4. The third-order valence-corrected chi connectivity index (χ3v) is 5.93. The van der Waals surface area contributed by atoms with Crippen molar-refractivity contribution in [3.05, 3.63) is 84.3 Å². The molecule has 4 aromatic rings. The fourth-order valence-corrected chi connectivity index (χ4v) is 4.22. The molecule has 1 aromatic heterocycles. The standard InChI is InChI=1S/C22H15F3N2O4S/c1-30-14-6-7-19-15(12-14)20(9-10-26-19)31-21-8-5-13(11-18(21)25)27-32(28,29)22-16(23)3-2-4-17(22)24/h2-12,27H,1H3. The van der Waals surface area contributed by atoms with E-state index in [-0.39, 0.29) is 11.4 Å². The van der Waals surface area contributed by atoms with E-state index in [9.17, 15) is 21.6 Å². The zero-order valence-electron chi connectivity index (χ0n) is 16.5. The second kappa shape index (κ2) is 8.39. The Hall–Kier alpha value is -3.79. The van der Waals surface area contributed by atoms with Crippen LogP contribution in [0.4, 0.5) is 18.9 Å². The fraction of sp³-hybridized carbons (Fsp3) is 0.0455. The Morgan fingerprint density at radius 2 is 1.62 bits per heavy atom. The van der Waals surface area contributed by atoms with Crippen LogP contribution in [0.2, 0.25) is 0 Å². The van der Waals surface area contributed by atoms with Gasteiger partial charge in [-0.2, -0.15) is 0 Å². The maximum absolute atomic E-state index is 14.7. The van der Waals surface area contributed by atoms with Gasteiger partial charge in [0.05, 0.1) is 18.3 Å². The Morgan fingerprint density at radius 3 is 2.31 bits per heavy atom. The quantitative estimate of drug-likeness (QED) is 0.425. The average Bonchev–Trinajstić information content (AvgIpc) is 2.75. The number of nitrogens with zero attached hydrogens (tertiary/aromatic N) is 1. The van der Waals surface area contributed by atoms with Crippen molar-refractivity contribution in [2.45, 2.75) is 4.90 Å². The van der Waals surface area contributed by atoms with Crippen molar-refractivity contribution in [2.24, 2.45) is 0 Å². The second-order valence-corrected chi connectivity index (χ2v) is 8.21. The van der Waals surface area contributed by atoms with Crippen LogP contribution in [-0.4, -0.2) is 20.5 Å². The van der Waals surface area contributed by atoms with Gasteiger partial charge >= 0.3 is 0 Å². The molecular weight excluding hydrogens is 445 g/mol. The van der Waals surface area contributed by atoms with Crippen molar-refractivity contribution < 1.29 is 31.1 Å². The minimum absolute atomic E-state index is 0.194. The largest absolute Gasteiger partial charge is 0.497 e. The van der Waals surface area contributed by atoms with Crippen LogP contribution in [0.25, 0.3) is 10.9 Å². The molecule has 0 aliphatic carbocycles. The Balaban J connectivity index is 1.63. The molecule has 32 heavy (non-hydrogen) atoms. The predicted octanol–water partition coefficient (Wildman–Crippen LogP) is 5.25. The highest BCUT2D eigenvalue weighted by atomic mass is 32.2. The summed E-state index contributed by atoms with van der Waals surface area (Å²) in [5, 5.41) is 0.575. The highest BCUT2D eigenvalue weighted by Crippen LogP contribution is 2.33. The number of rotatable bonds is 6. The lowest BCUT2D eigenvalue weighted by atomic mass is 10.2. The topological polar surface area (TPSA) is 77.5 Å². The molecule has 1 N–H and O–H groups in total. The highest BCUT2D eigenvalue weighted by molar-refractivity contribution is 7.92. The number of sulfonamides is 1.